The summed E-state index contributed by atoms with van der Waals surface area (Å²) in [6, 6.07) is 16.1. The molecule has 0 radical (unpaired) electrons. The highest BCUT2D eigenvalue weighted by Crippen LogP contribution is 2.35. The summed E-state index contributed by atoms with van der Waals surface area (Å²) >= 11 is 3.81. The number of amides is 1. The molecule has 0 aliphatic carbocycles. The van der Waals surface area contributed by atoms with Crippen LogP contribution >= 0.6 is 34.4 Å². The first-order valence-corrected chi connectivity index (χ1v) is 10.7. The number of unbranched alkanes of at least 4 members (excludes halogenated alkanes) is 1. The Morgan fingerprint density at radius 1 is 1.19 bits per heavy atom. The number of nitrogens with zero attached hydrogens (tertiary/aromatic N) is 3. The van der Waals surface area contributed by atoms with Crippen molar-refractivity contribution in [1.82, 2.24) is 14.8 Å². The van der Waals surface area contributed by atoms with E-state index in [1.807, 2.05) is 30.3 Å². The van der Waals surface area contributed by atoms with Crippen LogP contribution in [0.1, 0.15) is 26.7 Å². The minimum absolute atomic E-state index is 0.0875. The van der Waals surface area contributed by atoms with Crippen LogP contribution in [0.2, 0.25) is 0 Å². The molecule has 0 aliphatic rings. The van der Waals surface area contributed by atoms with Crippen LogP contribution in [-0.4, -0.2) is 20.7 Å². The quantitative estimate of drug-likeness (QED) is 0.445. The van der Waals surface area contributed by atoms with Crippen LogP contribution in [0.3, 0.4) is 0 Å². The monoisotopic (exact) mass is 492 g/mol. The first-order chi connectivity index (χ1) is 13.1. The molecule has 1 N–H and O–H groups in total. The minimum atomic E-state index is -0.0875. The number of aromatic nitrogens is 3. The molecule has 0 atom stereocenters. The molecule has 0 aliphatic heterocycles. The van der Waals surface area contributed by atoms with E-state index < -0.39 is 0 Å². The van der Waals surface area contributed by atoms with Crippen LogP contribution in [0.25, 0.3) is 11.4 Å². The molecule has 27 heavy (non-hydrogen) atoms. The topological polar surface area (TPSA) is 59.8 Å². The molecule has 0 saturated carbocycles. The number of anilines is 1. The summed E-state index contributed by atoms with van der Waals surface area (Å²) in [6.45, 7) is 4.55. The van der Waals surface area contributed by atoms with Gasteiger partial charge in [0.05, 0.1) is 5.69 Å². The molecule has 3 rings (SSSR count). The molecular weight excluding hydrogens is 471 g/mol. The Labute approximate surface area is 177 Å². The summed E-state index contributed by atoms with van der Waals surface area (Å²) in [5.41, 5.74) is 1.84. The van der Waals surface area contributed by atoms with Gasteiger partial charge in [0.25, 0.3) is 0 Å². The van der Waals surface area contributed by atoms with E-state index >= 15 is 0 Å². The maximum atomic E-state index is 11.5. The second-order valence-corrected chi connectivity index (χ2v) is 8.36. The molecule has 1 heterocycles. The molecule has 1 aromatic heterocycles. The zero-order valence-corrected chi connectivity index (χ0v) is 18.3. The van der Waals surface area contributed by atoms with E-state index in [0.717, 1.165) is 50.1 Å². The molecule has 0 fully saturated rings. The third-order valence-electron chi connectivity index (χ3n) is 3.94. The molecule has 0 spiro atoms. The maximum absolute atomic E-state index is 11.5. The number of carbonyl (C=O) groups excluding carboxylic acids is 1. The van der Waals surface area contributed by atoms with Crippen LogP contribution < -0.4 is 5.32 Å². The standard InChI is InChI=1S/C20H21IN4OS/c1-3-4-12-25-19(15-8-6-5-7-9-15)23-24-20(25)27-18-13-16(21)10-11-17(18)22-14(2)26/h5-11,13H,3-4,12H2,1-2H3,(H,22,26). The van der Waals surface area contributed by atoms with Gasteiger partial charge in [-0.3, -0.25) is 4.79 Å². The number of hydrogen-bond donors (Lipinski definition) is 1. The second kappa shape index (κ2) is 9.36. The number of carbonyl (C=O) groups is 1. The maximum Gasteiger partial charge on any atom is 0.221 e. The van der Waals surface area contributed by atoms with E-state index in [1.165, 1.54) is 18.7 Å². The summed E-state index contributed by atoms with van der Waals surface area (Å²) in [7, 11) is 0. The minimum Gasteiger partial charge on any atom is -0.325 e. The summed E-state index contributed by atoms with van der Waals surface area (Å²) < 4.78 is 3.27. The average Bonchev–Trinajstić information content (AvgIpc) is 3.05. The highest BCUT2D eigenvalue weighted by molar-refractivity contribution is 14.1. The lowest BCUT2D eigenvalue weighted by molar-refractivity contribution is -0.114. The lowest BCUT2D eigenvalue weighted by Crippen LogP contribution is -2.07. The Morgan fingerprint density at radius 2 is 1.96 bits per heavy atom. The summed E-state index contributed by atoms with van der Waals surface area (Å²) in [5.74, 6) is 0.786. The first-order valence-electron chi connectivity index (χ1n) is 8.82. The lowest BCUT2D eigenvalue weighted by atomic mass is 10.2. The van der Waals surface area contributed by atoms with Gasteiger partial charge in [-0.05, 0) is 59.0 Å². The third-order valence-corrected chi connectivity index (χ3v) is 5.65. The molecule has 0 bridgehead atoms. The predicted octanol–water partition coefficient (Wildman–Crippen LogP) is 5.46. The lowest BCUT2D eigenvalue weighted by Gasteiger charge is -2.12. The van der Waals surface area contributed by atoms with Crippen molar-refractivity contribution >= 4 is 45.9 Å². The number of halogens is 1. The van der Waals surface area contributed by atoms with Gasteiger partial charge < -0.3 is 9.88 Å². The van der Waals surface area contributed by atoms with Gasteiger partial charge in [0.2, 0.25) is 5.91 Å². The first kappa shape index (κ1) is 19.9. The van der Waals surface area contributed by atoms with Crippen LogP contribution in [0.5, 0.6) is 0 Å². The Morgan fingerprint density at radius 3 is 2.67 bits per heavy atom. The van der Waals surface area contributed by atoms with Crippen LogP contribution in [-0.2, 0) is 11.3 Å². The van der Waals surface area contributed by atoms with Crippen LogP contribution in [0, 0.1) is 3.57 Å². The zero-order chi connectivity index (χ0) is 19.2. The summed E-state index contributed by atoms with van der Waals surface area (Å²) in [6.07, 6.45) is 2.15. The highest BCUT2D eigenvalue weighted by atomic mass is 127. The molecule has 1 amide bonds. The van der Waals surface area contributed by atoms with E-state index in [1.54, 1.807) is 0 Å². The van der Waals surface area contributed by atoms with Gasteiger partial charge in [0, 0.05) is 27.5 Å². The fourth-order valence-corrected chi connectivity index (χ4v) is 4.34. The summed E-state index contributed by atoms with van der Waals surface area (Å²) in [4.78, 5) is 12.5. The van der Waals surface area contributed by atoms with Gasteiger partial charge in [-0.15, -0.1) is 10.2 Å². The molecule has 2 aromatic carbocycles. The fraction of sp³-hybridized carbons (Fsp3) is 0.250. The Bertz CT molecular complexity index is 927. The molecule has 3 aromatic rings. The predicted molar refractivity (Wildman–Crippen MR) is 118 cm³/mol. The normalized spacial score (nSPS) is 10.8. The van der Waals surface area contributed by atoms with E-state index in [9.17, 15) is 4.79 Å². The van der Waals surface area contributed by atoms with Gasteiger partial charge in [-0.2, -0.15) is 0 Å². The number of rotatable bonds is 7. The smallest absolute Gasteiger partial charge is 0.221 e. The SMILES string of the molecule is CCCCn1c(Sc2cc(I)ccc2NC(C)=O)nnc1-c1ccccc1. The van der Waals surface area contributed by atoms with Crippen molar-refractivity contribution < 1.29 is 4.79 Å². The van der Waals surface area contributed by atoms with E-state index in [2.05, 4.69) is 67.8 Å². The summed E-state index contributed by atoms with van der Waals surface area (Å²) in [5, 5.41) is 12.6. The van der Waals surface area contributed by atoms with Gasteiger partial charge in [-0.1, -0.05) is 43.7 Å². The largest absolute Gasteiger partial charge is 0.325 e. The van der Waals surface area contributed by atoms with Crippen molar-refractivity contribution in [3.8, 4) is 11.4 Å². The average molecular weight is 492 g/mol. The van der Waals surface area contributed by atoms with Gasteiger partial charge in [0.15, 0.2) is 11.0 Å². The van der Waals surface area contributed by atoms with Crippen LogP contribution in [0.4, 0.5) is 5.69 Å². The van der Waals surface area contributed by atoms with Gasteiger partial charge >= 0.3 is 0 Å². The van der Waals surface area contributed by atoms with Crippen molar-refractivity contribution in [1.29, 1.82) is 0 Å². The molecule has 140 valence electrons. The Kier molecular flexibility index (Phi) is 6.89. The number of nitrogens with one attached hydrogen (secondary N) is 1. The van der Waals surface area contributed by atoms with E-state index in [-0.39, 0.29) is 5.91 Å². The van der Waals surface area contributed by atoms with Gasteiger partial charge in [-0.25, -0.2) is 0 Å². The molecule has 7 heteroatoms. The van der Waals surface area contributed by atoms with Crippen LogP contribution in [0.15, 0.2) is 58.6 Å². The molecule has 0 saturated heterocycles. The van der Waals surface area contributed by atoms with Crippen molar-refractivity contribution in [2.45, 2.75) is 43.3 Å². The van der Waals surface area contributed by atoms with Crippen molar-refractivity contribution in [3.63, 3.8) is 0 Å². The van der Waals surface area contributed by atoms with Crippen molar-refractivity contribution in [3.05, 3.63) is 52.1 Å². The Hall–Kier alpha value is -1.87. The third kappa shape index (κ3) is 5.10. The second-order valence-electron chi connectivity index (χ2n) is 6.10. The molecule has 5 nitrogen and oxygen atoms in total. The fourth-order valence-electron chi connectivity index (χ4n) is 2.65. The van der Waals surface area contributed by atoms with Crippen molar-refractivity contribution in [2.75, 3.05) is 5.32 Å². The zero-order valence-electron chi connectivity index (χ0n) is 15.3. The Balaban J connectivity index is 1.99. The van der Waals surface area contributed by atoms with Gasteiger partial charge in [0.1, 0.15) is 0 Å². The number of benzene rings is 2. The van der Waals surface area contributed by atoms with E-state index in [0.29, 0.717) is 0 Å². The molecular formula is C20H21IN4OS. The number of hydrogen-bond acceptors (Lipinski definition) is 4. The highest BCUT2D eigenvalue weighted by Gasteiger charge is 2.16. The van der Waals surface area contributed by atoms with E-state index in [4.69, 9.17) is 0 Å². The van der Waals surface area contributed by atoms with Crippen molar-refractivity contribution in [2.24, 2.45) is 0 Å². The molecule has 0 unspecified atom stereocenters.